The van der Waals surface area contributed by atoms with Gasteiger partial charge in [-0.2, -0.15) is 11.8 Å². The Morgan fingerprint density at radius 3 is 2.58 bits per heavy atom. The van der Waals surface area contributed by atoms with Gasteiger partial charge in [-0.3, -0.25) is 0 Å². The SMILES string of the molecule is C=CC.CNCc1cc(-c2ccccc2F)n(S(=O)(=O)c2cccc(OCCCSC)c2)c1. The van der Waals surface area contributed by atoms with E-state index in [0.29, 0.717) is 18.9 Å². The molecule has 33 heavy (non-hydrogen) atoms. The normalized spacial score (nSPS) is 10.9. The van der Waals surface area contributed by atoms with Crippen LogP contribution in [0.15, 0.2) is 78.3 Å². The Morgan fingerprint density at radius 2 is 1.91 bits per heavy atom. The van der Waals surface area contributed by atoms with Crippen LogP contribution in [0.25, 0.3) is 11.3 Å². The summed E-state index contributed by atoms with van der Waals surface area (Å²) in [7, 11) is -2.18. The van der Waals surface area contributed by atoms with Crippen molar-refractivity contribution in [1.29, 1.82) is 0 Å². The van der Waals surface area contributed by atoms with E-state index in [1.807, 2.05) is 13.2 Å². The first-order valence-corrected chi connectivity index (χ1v) is 13.4. The van der Waals surface area contributed by atoms with Gasteiger partial charge in [-0.05, 0) is 68.3 Å². The van der Waals surface area contributed by atoms with Crippen LogP contribution in [0.3, 0.4) is 0 Å². The molecular weight excluding hydrogens is 459 g/mol. The number of thioether (sulfide) groups is 1. The Hall–Kier alpha value is -2.55. The summed E-state index contributed by atoms with van der Waals surface area (Å²) in [6.45, 7) is 6.23. The van der Waals surface area contributed by atoms with E-state index in [2.05, 4.69) is 11.9 Å². The van der Waals surface area contributed by atoms with Crippen LogP contribution in [0.4, 0.5) is 4.39 Å². The Labute approximate surface area is 200 Å². The van der Waals surface area contributed by atoms with E-state index in [1.165, 1.54) is 24.4 Å². The van der Waals surface area contributed by atoms with E-state index < -0.39 is 15.8 Å². The Morgan fingerprint density at radius 1 is 1.18 bits per heavy atom. The molecule has 1 N–H and O–H groups in total. The zero-order valence-corrected chi connectivity index (χ0v) is 20.9. The second-order valence-electron chi connectivity index (χ2n) is 7.12. The standard InChI is InChI=1S/C22H25FN2O3S2.C3H6/c1-24-15-17-13-22(20-9-3-4-10-21(20)23)25(16-17)30(26,27)19-8-5-7-18(14-19)28-11-6-12-29-2;1-3-2/h3-5,7-10,13-14,16,24H,6,11-12,15H2,1-2H3;3H,1H2,2H3. The zero-order chi connectivity index (χ0) is 24.3. The molecule has 0 bridgehead atoms. The predicted octanol–water partition coefficient (Wildman–Crippen LogP) is 5.57. The number of nitrogens with one attached hydrogen (secondary N) is 1. The van der Waals surface area contributed by atoms with Gasteiger partial charge in [0.05, 0.1) is 17.2 Å². The van der Waals surface area contributed by atoms with Crippen molar-refractivity contribution in [2.24, 2.45) is 0 Å². The van der Waals surface area contributed by atoms with Crippen molar-refractivity contribution in [3.63, 3.8) is 0 Å². The van der Waals surface area contributed by atoms with Crippen LogP contribution >= 0.6 is 11.8 Å². The summed E-state index contributed by atoms with van der Waals surface area (Å²) in [6, 6.07) is 14.3. The Balaban J connectivity index is 0.00000122. The molecule has 3 rings (SSSR count). The van der Waals surface area contributed by atoms with Gasteiger partial charge in [0.2, 0.25) is 0 Å². The average molecular weight is 491 g/mol. The predicted molar refractivity (Wildman–Crippen MR) is 136 cm³/mol. The summed E-state index contributed by atoms with van der Waals surface area (Å²) in [6.07, 6.45) is 6.18. The number of hydrogen-bond donors (Lipinski definition) is 1. The average Bonchev–Trinajstić information content (AvgIpc) is 3.23. The molecule has 1 heterocycles. The van der Waals surface area contributed by atoms with E-state index in [1.54, 1.807) is 61.3 Å². The van der Waals surface area contributed by atoms with Crippen molar-refractivity contribution < 1.29 is 17.5 Å². The summed E-state index contributed by atoms with van der Waals surface area (Å²) in [4.78, 5) is 0.0917. The third kappa shape index (κ3) is 7.22. The molecule has 178 valence electrons. The molecule has 3 aromatic rings. The number of benzene rings is 2. The number of allylic oxidation sites excluding steroid dienone is 1. The molecule has 0 fully saturated rings. The van der Waals surface area contributed by atoms with E-state index >= 15 is 0 Å². The van der Waals surface area contributed by atoms with Crippen LogP contribution in [-0.4, -0.2) is 38.1 Å². The van der Waals surface area contributed by atoms with Crippen LogP contribution in [0.1, 0.15) is 18.9 Å². The number of rotatable bonds is 10. The van der Waals surface area contributed by atoms with Gasteiger partial charge in [-0.15, -0.1) is 6.58 Å². The van der Waals surface area contributed by atoms with E-state index in [-0.39, 0.29) is 16.2 Å². The van der Waals surface area contributed by atoms with Gasteiger partial charge in [0, 0.05) is 24.4 Å². The minimum Gasteiger partial charge on any atom is -0.494 e. The number of hydrogen-bond acceptors (Lipinski definition) is 5. The number of aromatic nitrogens is 1. The molecule has 0 spiro atoms. The minimum absolute atomic E-state index is 0.0917. The topological polar surface area (TPSA) is 60.3 Å². The molecule has 0 saturated heterocycles. The largest absolute Gasteiger partial charge is 0.494 e. The highest BCUT2D eigenvalue weighted by molar-refractivity contribution is 7.98. The fourth-order valence-electron chi connectivity index (χ4n) is 3.09. The highest BCUT2D eigenvalue weighted by Crippen LogP contribution is 2.30. The first-order chi connectivity index (χ1) is 15.9. The third-order valence-corrected chi connectivity index (χ3v) is 6.86. The number of halogens is 1. The van der Waals surface area contributed by atoms with Gasteiger partial charge in [0.25, 0.3) is 10.0 Å². The first kappa shape index (κ1) is 26.7. The quantitative estimate of drug-likeness (QED) is 0.297. The van der Waals surface area contributed by atoms with E-state index in [9.17, 15) is 12.8 Å². The zero-order valence-electron chi connectivity index (χ0n) is 19.3. The van der Waals surface area contributed by atoms with Crippen LogP contribution in [0.5, 0.6) is 5.75 Å². The minimum atomic E-state index is -3.95. The van der Waals surface area contributed by atoms with Crippen molar-refractivity contribution in [2.45, 2.75) is 24.8 Å². The summed E-state index contributed by atoms with van der Waals surface area (Å²) < 4.78 is 48.2. The highest BCUT2D eigenvalue weighted by Gasteiger charge is 2.23. The van der Waals surface area contributed by atoms with Crippen molar-refractivity contribution >= 4 is 21.8 Å². The summed E-state index contributed by atoms with van der Waals surface area (Å²) >= 11 is 1.73. The monoisotopic (exact) mass is 490 g/mol. The van der Waals surface area contributed by atoms with E-state index in [0.717, 1.165) is 21.7 Å². The van der Waals surface area contributed by atoms with Crippen LogP contribution < -0.4 is 10.1 Å². The maximum Gasteiger partial charge on any atom is 0.268 e. The molecule has 2 aromatic carbocycles. The summed E-state index contributed by atoms with van der Waals surface area (Å²) in [5, 5.41) is 3.00. The molecule has 0 atom stereocenters. The molecule has 1 aromatic heterocycles. The first-order valence-electron chi connectivity index (χ1n) is 10.5. The lowest BCUT2D eigenvalue weighted by atomic mass is 10.1. The van der Waals surface area contributed by atoms with Crippen LogP contribution in [-0.2, 0) is 16.6 Å². The molecule has 0 aliphatic carbocycles. The van der Waals surface area contributed by atoms with Gasteiger partial charge in [0.1, 0.15) is 11.6 Å². The second kappa shape index (κ2) is 13.2. The van der Waals surface area contributed by atoms with Crippen molar-refractivity contribution in [2.75, 3.05) is 25.7 Å². The lowest BCUT2D eigenvalue weighted by Gasteiger charge is -2.13. The van der Waals surface area contributed by atoms with Gasteiger partial charge in [-0.25, -0.2) is 16.8 Å². The molecule has 0 aliphatic rings. The molecular formula is C25H31FN2O3S2. The van der Waals surface area contributed by atoms with Gasteiger partial charge in [0.15, 0.2) is 0 Å². The maximum atomic E-state index is 14.5. The summed E-state index contributed by atoms with van der Waals surface area (Å²) in [5.41, 5.74) is 1.25. The third-order valence-electron chi connectivity index (χ3n) is 4.50. The molecule has 5 nitrogen and oxygen atoms in total. The lowest BCUT2D eigenvalue weighted by molar-refractivity contribution is 0.318. The fraction of sp³-hybridized carbons (Fsp3) is 0.280. The highest BCUT2D eigenvalue weighted by atomic mass is 32.2. The second-order valence-corrected chi connectivity index (χ2v) is 9.92. The van der Waals surface area contributed by atoms with Crippen LogP contribution in [0.2, 0.25) is 0 Å². The van der Waals surface area contributed by atoms with Crippen molar-refractivity contribution in [3.05, 3.63) is 84.8 Å². The van der Waals surface area contributed by atoms with Gasteiger partial charge >= 0.3 is 0 Å². The van der Waals surface area contributed by atoms with Crippen molar-refractivity contribution in [3.8, 4) is 17.0 Å². The van der Waals surface area contributed by atoms with Gasteiger partial charge in [-0.1, -0.05) is 24.3 Å². The Kier molecular flexibility index (Phi) is 10.7. The molecule has 0 amide bonds. The van der Waals surface area contributed by atoms with Crippen molar-refractivity contribution in [1.82, 2.24) is 9.29 Å². The smallest absolute Gasteiger partial charge is 0.268 e. The van der Waals surface area contributed by atoms with Gasteiger partial charge < -0.3 is 10.1 Å². The molecule has 0 aliphatic heterocycles. The Bertz CT molecular complexity index is 1140. The lowest BCUT2D eigenvalue weighted by Crippen LogP contribution is -2.14. The molecule has 8 heteroatoms. The summed E-state index contributed by atoms with van der Waals surface area (Å²) in [5.74, 6) is 0.989. The number of nitrogens with zero attached hydrogens (tertiary/aromatic N) is 1. The van der Waals surface area contributed by atoms with Crippen LogP contribution in [0, 0.1) is 5.82 Å². The molecule has 0 radical (unpaired) electrons. The number of ether oxygens (including phenoxy) is 1. The molecule has 0 unspecified atom stereocenters. The maximum absolute atomic E-state index is 14.5. The molecule has 0 saturated carbocycles. The van der Waals surface area contributed by atoms with E-state index in [4.69, 9.17) is 4.74 Å². The fourth-order valence-corrected chi connectivity index (χ4v) is 4.93.